The smallest absolute Gasteiger partial charge is 0.230 e. The number of thiophene rings is 1. The zero-order valence-electron chi connectivity index (χ0n) is 13.8. The van der Waals surface area contributed by atoms with Crippen molar-refractivity contribution in [3.05, 3.63) is 28.2 Å². The second kappa shape index (κ2) is 9.22. The summed E-state index contributed by atoms with van der Waals surface area (Å²) in [6, 6.07) is 4.47. The Bertz CT molecular complexity index is 618. The Morgan fingerprint density at radius 1 is 1.29 bits per heavy atom. The minimum Gasteiger partial charge on any atom is -0.353 e. The Kier molecular flexibility index (Phi) is 6.72. The number of amides is 1. The van der Waals surface area contributed by atoms with E-state index in [0.29, 0.717) is 17.0 Å². The van der Waals surface area contributed by atoms with Crippen molar-refractivity contribution in [2.75, 3.05) is 5.75 Å². The molecule has 0 atom stereocenters. The molecule has 2 heterocycles. The molecule has 0 radical (unpaired) electrons. The van der Waals surface area contributed by atoms with E-state index in [2.05, 4.69) is 31.9 Å². The fourth-order valence-corrected chi connectivity index (χ4v) is 4.34. The lowest BCUT2D eigenvalue weighted by molar-refractivity contribution is -0.119. The summed E-state index contributed by atoms with van der Waals surface area (Å²) in [5, 5.41) is 13.0. The number of hydrogen-bond donors (Lipinski definition) is 2. The molecule has 0 saturated heterocycles. The van der Waals surface area contributed by atoms with Crippen LogP contribution in [0.25, 0.3) is 0 Å². The van der Waals surface area contributed by atoms with Crippen LogP contribution in [-0.2, 0) is 11.2 Å². The third kappa shape index (κ3) is 5.63. The van der Waals surface area contributed by atoms with Crippen LogP contribution >= 0.6 is 23.1 Å². The Labute approximate surface area is 151 Å². The van der Waals surface area contributed by atoms with Crippen LogP contribution in [0.5, 0.6) is 0 Å². The average molecular weight is 365 g/mol. The molecule has 2 N–H and O–H groups in total. The Balaban J connectivity index is 1.41. The molecule has 0 aromatic carbocycles. The van der Waals surface area contributed by atoms with Gasteiger partial charge in [0.1, 0.15) is 5.82 Å². The molecule has 1 aliphatic carbocycles. The standard InChI is InChI=1S/C17H24N4OS2/c22-16(18-13-7-4-2-1-3-5-8-13)12-24-17-19-15(20-21-17)11-14-9-6-10-23-14/h6,9-10,13H,1-5,7-8,11-12H2,(H,18,22)(H,19,20,21). The molecule has 0 bridgehead atoms. The number of carbonyl (C=O) groups is 1. The molecule has 1 amide bonds. The summed E-state index contributed by atoms with van der Waals surface area (Å²) in [6.45, 7) is 0. The SMILES string of the molecule is O=C(CSc1n[nH]c(Cc2cccs2)n1)NC1CCCCCCC1. The van der Waals surface area contributed by atoms with Gasteiger partial charge in [-0.1, -0.05) is 49.9 Å². The van der Waals surface area contributed by atoms with E-state index in [9.17, 15) is 4.79 Å². The van der Waals surface area contributed by atoms with E-state index in [4.69, 9.17) is 0 Å². The van der Waals surface area contributed by atoms with Crippen molar-refractivity contribution in [2.24, 2.45) is 0 Å². The van der Waals surface area contributed by atoms with Crippen LogP contribution in [0.3, 0.4) is 0 Å². The normalized spacial score (nSPS) is 16.5. The van der Waals surface area contributed by atoms with E-state index in [-0.39, 0.29) is 5.91 Å². The maximum Gasteiger partial charge on any atom is 0.230 e. The second-order valence-corrected chi connectivity index (χ2v) is 8.19. The van der Waals surface area contributed by atoms with E-state index in [1.54, 1.807) is 11.3 Å². The fraction of sp³-hybridized carbons (Fsp3) is 0.588. The molecule has 0 spiro atoms. The summed E-state index contributed by atoms with van der Waals surface area (Å²) in [6.07, 6.45) is 9.38. The fourth-order valence-electron chi connectivity index (χ4n) is 3.00. The van der Waals surface area contributed by atoms with Gasteiger partial charge in [0, 0.05) is 17.3 Å². The molecule has 0 unspecified atom stereocenters. The highest BCUT2D eigenvalue weighted by molar-refractivity contribution is 7.99. The maximum atomic E-state index is 12.1. The van der Waals surface area contributed by atoms with Gasteiger partial charge >= 0.3 is 0 Å². The third-order valence-corrected chi connectivity index (χ3v) is 5.96. The first-order chi connectivity index (χ1) is 11.8. The molecular weight excluding hydrogens is 340 g/mol. The van der Waals surface area contributed by atoms with Gasteiger partial charge in [0.2, 0.25) is 11.1 Å². The topological polar surface area (TPSA) is 70.7 Å². The summed E-state index contributed by atoms with van der Waals surface area (Å²) in [5.74, 6) is 1.32. The van der Waals surface area contributed by atoms with Gasteiger partial charge in [-0.15, -0.1) is 16.4 Å². The van der Waals surface area contributed by atoms with Gasteiger partial charge in [0.25, 0.3) is 0 Å². The molecule has 24 heavy (non-hydrogen) atoms. The van der Waals surface area contributed by atoms with E-state index < -0.39 is 0 Å². The first kappa shape index (κ1) is 17.5. The number of hydrogen-bond acceptors (Lipinski definition) is 5. The highest BCUT2D eigenvalue weighted by Gasteiger charge is 2.15. The number of aromatic nitrogens is 3. The molecule has 0 aliphatic heterocycles. The third-order valence-electron chi connectivity index (χ3n) is 4.24. The van der Waals surface area contributed by atoms with Gasteiger partial charge in [-0.25, -0.2) is 4.98 Å². The lowest BCUT2D eigenvalue weighted by Crippen LogP contribution is -2.36. The number of H-pyrrole nitrogens is 1. The summed E-state index contributed by atoms with van der Waals surface area (Å²) in [4.78, 5) is 17.9. The van der Waals surface area contributed by atoms with Crippen LogP contribution < -0.4 is 5.32 Å². The van der Waals surface area contributed by atoms with Crippen molar-refractivity contribution in [1.82, 2.24) is 20.5 Å². The van der Waals surface area contributed by atoms with Crippen molar-refractivity contribution in [3.63, 3.8) is 0 Å². The van der Waals surface area contributed by atoms with Gasteiger partial charge in [0.05, 0.1) is 5.75 Å². The molecule has 3 rings (SSSR count). The minimum absolute atomic E-state index is 0.0928. The van der Waals surface area contributed by atoms with Crippen molar-refractivity contribution in [2.45, 2.75) is 62.6 Å². The van der Waals surface area contributed by atoms with Gasteiger partial charge in [-0.2, -0.15) is 0 Å². The number of aromatic amines is 1. The van der Waals surface area contributed by atoms with Crippen molar-refractivity contribution >= 4 is 29.0 Å². The van der Waals surface area contributed by atoms with E-state index >= 15 is 0 Å². The predicted molar refractivity (Wildman–Crippen MR) is 98.5 cm³/mol. The Morgan fingerprint density at radius 3 is 2.83 bits per heavy atom. The van der Waals surface area contributed by atoms with Gasteiger partial charge in [-0.3, -0.25) is 9.89 Å². The number of rotatable bonds is 6. The summed E-state index contributed by atoms with van der Waals surface area (Å²) in [7, 11) is 0. The zero-order chi connectivity index (χ0) is 16.6. The molecule has 2 aromatic heterocycles. The largest absolute Gasteiger partial charge is 0.353 e. The molecule has 1 aliphatic rings. The van der Waals surface area contributed by atoms with Crippen LogP contribution in [0.15, 0.2) is 22.7 Å². The van der Waals surface area contributed by atoms with E-state index in [1.807, 2.05) is 6.07 Å². The summed E-state index contributed by atoms with van der Waals surface area (Å²) >= 11 is 3.11. The Morgan fingerprint density at radius 2 is 2.08 bits per heavy atom. The van der Waals surface area contributed by atoms with E-state index in [1.165, 1.54) is 48.7 Å². The molecule has 1 fully saturated rings. The molecule has 130 valence electrons. The van der Waals surface area contributed by atoms with Crippen LogP contribution in [0.1, 0.15) is 55.6 Å². The maximum absolute atomic E-state index is 12.1. The van der Waals surface area contributed by atoms with Gasteiger partial charge in [0.15, 0.2) is 0 Å². The van der Waals surface area contributed by atoms with Crippen LogP contribution in [0, 0.1) is 0 Å². The molecule has 7 heteroatoms. The highest BCUT2D eigenvalue weighted by Crippen LogP contribution is 2.18. The molecule has 5 nitrogen and oxygen atoms in total. The highest BCUT2D eigenvalue weighted by atomic mass is 32.2. The van der Waals surface area contributed by atoms with Crippen LogP contribution in [-0.4, -0.2) is 32.9 Å². The number of nitrogens with one attached hydrogen (secondary N) is 2. The van der Waals surface area contributed by atoms with E-state index in [0.717, 1.165) is 25.1 Å². The second-order valence-electron chi connectivity index (χ2n) is 6.22. The van der Waals surface area contributed by atoms with Gasteiger partial charge < -0.3 is 5.32 Å². The molecule has 2 aromatic rings. The minimum atomic E-state index is 0.0928. The average Bonchev–Trinajstić information content (AvgIpc) is 3.20. The molecular formula is C17H24N4OS2. The quantitative estimate of drug-likeness (QED) is 0.765. The summed E-state index contributed by atoms with van der Waals surface area (Å²) in [5.41, 5.74) is 0. The number of nitrogens with zero attached hydrogens (tertiary/aromatic N) is 2. The van der Waals surface area contributed by atoms with Gasteiger partial charge in [-0.05, 0) is 24.3 Å². The van der Waals surface area contributed by atoms with Crippen molar-refractivity contribution < 1.29 is 4.79 Å². The monoisotopic (exact) mass is 364 g/mol. The lowest BCUT2D eigenvalue weighted by Gasteiger charge is -2.20. The van der Waals surface area contributed by atoms with Crippen molar-refractivity contribution in [3.8, 4) is 0 Å². The van der Waals surface area contributed by atoms with Crippen LogP contribution in [0.2, 0.25) is 0 Å². The molecule has 1 saturated carbocycles. The first-order valence-electron chi connectivity index (χ1n) is 8.65. The number of thioether (sulfide) groups is 1. The lowest BCUT2D eigenvalue weighted by atomic mass is 9.97. The Hall–Kier alpha value is -1.34. The zero-order valence-corrected chi connectivity index (χ0v) is 15.4. The number of carbonyl (C=O) groups excluding carboxylic acids is 1. The summed E-state index contributed by atoms with van der Waals surface area (Å²) < 4.78 is 0. The van der Waals surface area contributed by atoms with Crippen molar-refractivity contribution in [1.29, 1.82) is 0 Å². The predicted octanol–water partition coefficient (Wildman–Crippen LogP) is 3.78. The first-order valence-corrected chi connectivity index (χ1v) is 10.5. The van der Waals surface area contributed by atoms with Crippen LogP contribution in [0.4, 0.5) is 0 Å².